The van der Waals surface area contributed by atoms with Gasteiger partial charge in [0.2, 0.25) is 0 Å². The summed E-state index contributed by atoms with van der Waals surface area (Å²) in [7, 11) is 0. The van der Waals surface area contributed by atoms with Gasteiger partial charge in [-0.05, 0) is 53.4 Å². The molecule has 0 aliphatic rings. The number of hydrogen-bond donors (Lipinski definition) is 0. The first-order valence-corrected chi connectivity index (χ1v) is 8.80. The van der Waals surface area contributed by atoms with Crippen LogP contribution in [0, 0.1) is 0 Å². The van der Waals surface area contributed by atoms with Gasteiger partial charge in [0.25, 0.3) is 0 Å². The predicted octanol–water partition coefficient (Wildman–Crippen LogP) is 6.75. The molecule has 0 unspecified atom stereocenters. The van der Waals surface area contributed by atoms with E-state index in [2.05, 4.69) is 56.1 Å². The van der Waals surface area contributed by atoms with Gasteiger partial charge in [-0.25, -0.2) is 0 Å². The lowest BCUT2D eigenvalue weighted by atomic mass is 9.91. The Morgan fingerprint density at radius 1 is 0.739 bits per heavy atom. The zero-order valence-corrected chi connectivity index (χ0v) is 15.7. The van der Waals surface area contributed by atoms with Crippen LogP contribution in [-0.2, 0) is 0 Å². The highest BCUT2D eigenvalue weighted by molar-refractivity contribution is 9.10. The van der Waals surface area contributed by atoms with Crippen LogP contribution in [0.4, 0.5) is 0 Å². The van der Waals surface area contributed by atoms with Crippen LogP contribution in [0.2, 0.25) is 0 Å². The van der Waals surface area contributed by atoms with E-state index in [4.69, 9.17) is 0 Å². The summed E-state index contributed by atoms with van der Waals surface area (Å²) in [6.45, 7) is 1.61. The highest BCUT2D eigenvalue weighted by atomic mass is 79.9. The first-order valence-electron chi connectivity index (χ1n) is 7.22. The van der Waals surface area contributed by atoms with Gasteiger partial charge in [-0.1, -0.05) is 74.3 Å². The van der Waals surface area contributed by atoms with Crippen LogP contribution >= 0.6 is 31.9 Å². The highest BCUT2D eigenvalue weighted by Gasteiger charge is 2.13. The minimum atomic E-state index is 0.0743. The third kappa shape index (κ3) is 3.46. The Labute approximate surface area is 152 Å². The molecule has 0 spiro atoms. The number of benzene rings is 3. The van der Waals surface area contributed by atoms with Gasteiger partial charge < -0.3 is 0 Å². The van der Waals surface area contributed by atoms with Gasteiger partial charge in [-0.2, -0.15) is 0 Å². The van der Waals surface area contributed by atoms with E-state index < -0.39 is 0 Å². The second-order valence-corrected chi connectivity index (χ2v) is 7.13. The number of carbonyl (C=O) groups is 1. The monoisotopic (exact) mass is 428 g/mol. The van der Waals surface area contributed by atoms with Crippen molar-refractivity contribution in [1.29, 1.82) is 0 Å². The lowest BCUT2D eigenvalue weighted by Gasteiger charge is -2.14. The van der Waals surface area contributed by atoms with Gasteiger partial charge in [0.1, 0.15) is 0 Å². The fourth-order valence-corrected chi connectivity index (χ4v) is 3.27. The Bertz CT molecular complexity index is 867. The van der Waals surface area contributed by atoms with E-state index >= 15 is 0 Å². The SMILES string of the molecule is CC(=O)c1ccccc1-c1ccc(Br)cc1-c1ccc(Br)cc1. The van der Waals surface area contributed by atoms with Gasteiger partial charge in [0, 0.05) is 14.5 Å². The van der Waals surface area contributed by atoms with E-state index in [9.17, 15) is 4.79 Å². The van der Waals surface area contributed by atoms with Crippen molar-refractivity contribution in [3.63, 3.8) is 0 Å². The topological polar surface area (TPSA) is 17.1 Å². The molecule has 0 saturated heterocycles. The molecular weight excluding hydrogens is 416 g/mol. The largest absolute Gasteiger partial charge is 0.294 e. The minimum Gasteiger partial charge on any atom is -0.294 e. The molecule has 114 valence electrons. The molecule has 0 radical (unpaired) electrons. The summed E-state index contributed by atoms with van der Waals surface area (Å²) in [6.07, 6.45) is 0. The fraction of sp³-hybridized carbons (Fsp3) is 0.0500. The summed E-state index contributed by atoms with van der Waals surface area (Å²) < 4.78 is 2.06. The lowest BCUT2D eigenvalue weighted by molar-refractivity contribution is 0.101. The maximum Gasteiger partial charge on any atom is 0.160 e. The molecule has 0 aromatic heterocycles. The second kappa shape index (κ2) is 6.81. The smallest absolute Gasteiger partial charge is 0.160 e. The zero-order chi connectivity index (χ0) is 16.4. The lowest BCUT2D eigenvalue weighted by Crippen LogP contribution is -1.97. The van der Waals surface area contributed by atoms with Gasteiger partial charge in [-0.15, -0.1) is 0 Å². The van der Waals surface area contributed by atoms with E-state index in [-0.39, 0.29) is 5.78 Å². The Kier molecular flexibility index (Phi) is 4.79. The van der Waals surface area contributed by atoms with Crippen LogP contribution in [0.25, 0.3) is 22.3 Å². The Hall–Kier alpha value is -1.71. The van der Waals surface area contributed by atoms with E-state index in [1.54, 1.807) is 6.92 Å². The third-order valence-corrected chi connectivity index (χ3v) is 4.76. The minimum absolute atomic E-state index is 0.0743. The van der Waals surface area contributed by atoms with Crippen LogP contribution < -0.4 is 0 Å². The Balaban J connectivity index is 2.25. The summed E-state index contributed by atoms with van der Waals surface area (Å²) in [4.78, 5) is 12.0. The summed E-state index contributed by atoms with van der Waals surface area (Å²) in [6, 6.07) is 22.1. The molecule has 0 saturated carbocycles. The molecule has 3 aromatic rings. The number of hydrogen-bond acceptors (Lipinski definition) is 1. The average molecular weight is 430 g/mol. The number of halogens is 2. The molecule has 0 N–H and O–H groups in total. The summed E-state index contributed by atoms with van der Waals surface area (Å²) in [5.74, 6) is 0.0743. The van der Waals surface area contributed by atoms with Crippen LogP contribution in [0.5, 0.6) is 0 Å². The normalized spacial score (nSPS) is 10.6. The molecule has 0 heterocycles. The second-order valence-electron chi connectivity index (χ2n) is 5.30. The standard InChI is InChI=1S/C20H14Br2O/c1-13(23)17-4-2-3-5-18(17)19-11-10-16(22)12-20(19)14-6-8-15(21)9-7-14/h2-12H,1H3. The molecule has 0 aliphatic heterocycles. The van der Waals surface area contributed by atoms with Crippen molar-refractivity contribution in [2.75, 3.05) is 0 Å². The molecule has 0 amide bonds. The molecule has 3 rings (SSSR count). The average Bonchev–Trinajstić information content (AvgIpc) is 2.55. The molecule has 0 fully saturated rings. The number of rotatable bonds is 3. The molecule has 0 atom stereocenters. The molecule has 3 aromatic carbocycles. The van der Waals surface area contributed by atoms with Gasteiger partial charge in [0.05, 0.1) is 0 Å². The zero-order valence-electron chi connectivity index (χ0n) is 12.5. The van der Waals surface area contributed by atoms with E-state index in [1.807, 2.05) is 42.5 Å². The van der Waals surface area contributed by atoms with Crippen molar-refractivity contribution in [3.05, 3.63) is 81.2 Å². The molecule has 23 heavy (non-hydrogen) atoms. The third-order valence-electron chi connectivity index (χ3n) is 3.73. The first kappa shape index (κ1) is 16.2. The van der Waals surface area contributed by atoms with Crippen molar-refractivity contribution >= 4 is 37.6 Å². The van der Waals surface area contributed by atoms with Crippen molar-refractivity contribution in [2.45, 2.75) is 6.92 Å². The van der Waals surface area contributed by atoms with Gasteiger partial charge in [-0.3, -0.25) is 4.79 Å². The van der Waals surface area contributed by atoms with Crippen LogP contribution in [-0.4, -0.2) is 5.78 Å². The van der Waals surface area contributed by atoms with Gasteiger partial charge in [0.15, 0.2) is 5.78 Å². The van der Waals surface area contributed by atoms with E-state index in [1.165, 1.54) is 0 Å². The molecular formula is C20H14Br2O. The highest BCUT2D eigenvalue weighted by Crippen LogP contribution is 2.36. The summed E-state index contributed by atoms with van der Waals surface area (Å²) in [5.41, 5.74) is 4.98. The fourth-order valence-electron chi connectivity index (χ4n) is 2.64. The van der Waals surface area contributed by atoms with Crippen LogP contribution in [0.15, 0.2) is 75.7 Å². The molecule has 1 nitrogen and oxygen atoms in total. The Morgan fingerprint density at radius 2 is 1.39 bits per heavy atom. The maximum absolute atomic E-state index is 12.0. The number of Topliss-reactive ketones (excluding diaryl/α,β-unsaturated/α-hetero) is 1. The first-order chi connectivity index (χ1) is 11.1. The Morgan fingerprint density at radius 3 is 2.09 bits per heavy atom. The summed E-state index contributed by atoms with van der Waals surface area (Å²) in [5, 5.41) is 0. The molecule has 0 aliphatic carbocycles. The maximum atomic E-state index is 12.0. The van der Waals surface area contributed by atoms with E-state index in [0.29, 0.717) is 0 Å². The van der Waals surface area contributed by atoms with E-state index in [0.717, 1.165) is 36.8 Å². The van der Waals surface area contributed by atoms with Crippen molar-refractivity contribution in [2.24, 2.45) is 0 Å². The summed E-state index contributed by atoms with van der Waals surface area (Å²) >= 11 is 7.02. The van der Waals surface area contributed by atoms with Crippen LogP contribution in [0.1, 0.15) is 17.3 Å². The quantitative estimate of drug-likeness (QED) is 0.421. The van der Waals surface area contributed by atoms with Crippen molar-refractivity contribution in [3.8, 4) is 22.3 Å². The van der Waals surface area contributed by atoms with Gasteiger partial charge >= 0.3 is 0 Å². The van der Waals surface area contributed by atoms with Crippen LogP contribution in [0.3, 0.4) is 0 Å². The molecule has 0 bridgehead atoms. The number of carbonyl (C=O) groups excluding carboxylic acids is 1. The van der Waals surface area contributed by atoms with Crippen molar-refractivity contribution in [1.82, 2.24) is 0 Å². The van der Waals surface area contributed by atoms with Crippen molar-refractivity contribution < 1.29 is 4.79 Å². The molecule has 3 heteroatoms. The number of ketones is 1. The predicted molar refractivity (Wildman–Crippen MR) is 103 cm³/mol.